The summed E-state index contributed by atoms with van der Waals surface area (Å²) >= 11 is 1.93. The lowest BCUT2D eigenvalue weighted by Crippen LogP contribution is -2.30. The second kappa shape index (κ2) is 10.9. The third-order valence-corrected chi connectivity index (χ3v) is 6.86. The zero-order valence-electron chi connectivity index (χ0n) is 19.7. The lowest BCUT2D eigenvalue weighted by atomic mass is 9.88. The van der Waals surface area contributed by atoms with E-state index in [9.17, 15) is 0 Å². The number of ether oxygens (including phenoxy) is 3. The lowest BCUT2D eigenvalue weighted by molar-refractivity contribution is 0.0511. The van der Waals surface area contributed by atoms with Gasteiger partial charge in [0.1, 0.15) is 17.7 Å². The van der Waals surface area contributed by atoms with Crippen LogP contribution in [0.4, 0.5) is 0 Å². The summed E-state index contributed by atoms with van der Waals surface area (Å²) in [7, 11) is 5.66. The molecule has 4 nitrogen and oxygen atoms in total. The zero-order chi connectivity index (χ0) is 23.2. The summed E-state index contributed by atoms with van der Waals surface area (Å²) in [6.45, 7) is 2.29. The van der Waals surface area contributed by atoms with Crippen LogP contribution < -0.4 is 9.47 Å². The molecule has 5 heteroatoms. The Balaban J connectivity index is 1.76. The zero-order valence-corrected chi connectivity index (χ0v) is 20.5. The van der Waals surface area contributed by atoms with E-state index >= 15 is 0 Å². The van der Waals surface area contributed by atoms with Crippen molar-refractivity contribution < 1.29 is 14.2 Å². The second-order valence-corrected chi connectivity index (χ2v) is 9.37. The monoisotopic (exact) mass is 461 g/mol. The molecule has 0 bridgehead atoms. The molecule has 0 saturated heterocycles. The normalized spacial score (nSPS) is 15.7. The lowest BCUT2D eigenvalue weighted by Gasteiger charge is -2.24. The highest BCUT2D eigenvalue weighted by atomic mass is 32.2. The summed E-state index contributed by atoms with van der Waals surface area (Å²) in [5, 5.41) is 0. The average Bonchev–Trinajstić information content (AvgIpc) is 2.85. The minimum Gasteiger partial charge on any atom is -0.475 e. The van der Waals surface area contributed by atoms with Gasteiger partial charge >= 0.3 is 0 Å². The predicted molar refractivity (Wildman–Crippen MR) is 137 cm³/mol. The molecule has 0 aliphatic carbocycles. The first kappa shape index (κ1) is 23.4. The Hall–Kier alpha value is -2.73. The summed E-state index contributed by atoms with van der Waals surface area (Å²) in [6.07, 6.45) is 1.03. The largest absolute Gasteiger partial charge is 0.475 e. The molecule has 0 amide bonds. The van der Waals surface area contributed by atoms with E-state index in [-0.39, 0.29) is 13.0 Å². The van der Waals surface area contributed by atoms with Crippen LogP contribution in [0.2, 0.25) is 0 Å². The number of hydrogen-bond acceptors (Lipinski definition) is 5. The van der Waals surface area contributed by atoms with Gasteiger partial charge in [0, 0.05) is 17.8 Å². The topological polar surface area (TPSA) is 30.9 Å². The van der Waals surface area contributed by atoms with E-state index in [4.69, 9.17) is 14.2 Å². The van der Waals surface area contributed by atoms with Gasteiger partial charge in [-0.15, -0.1) is 11.8 Å². The predicted octanol–water partition coefficient (Wildman–Crippen LogP) is 6.41. The molecule has 172 valence electrons. The minimum atomic E-state index is 0.00978. The first-order valence-electron chi connectivity index (χ1n) is 11.2. The fourth-order valence-corrected chi connectivity index (χ4v) is 4.91. The van der Waals surface area contributed by atoms with Crippen molar-refractivity contribution in [2.24, 2.45) is 0 Å². The van der Waals surface area contributed by atoms with Crippen LogP contribution in [0.15, 0.2) is 77.7 Å². The van der Waals surface area contributed by atoms with Crippen LogP contribution >= 0.6 is 11.8 Å². The maximum atomic E-state index is 6.05. The molecule has 1 unspecified atom stereocenters. The van der Waals surface area contributed by atoms with Crippen molar-refractivity contribution in [3.05, 3.63) is 89.5 Å². The van der Waals surface area contributed by atoms with Crippen LogP contribution in [0.5, 0.6) is 11.5 Å². The van der Waals surface area contributed by atoms with Gasteiger partial charge in [-0.25, -0.2) is 0 Å². The summed E-state index contributed by atoms with van der Waals surface area (Å²) in [6, 6.07) is 25.5. The van der Waals surface area contributed by atoms with Gasteiger partial charge in [0.05, 0.1) is 0 Å². The number of thioether (sulfide) groups is 1. The van der Waals surface area contributed by atoms with E-state index in [1.54, 1.807) is 7.11 Å². The molecule has 1 atom stereocenters. The quantitative estimate of drug-likeness (QED) is 0.362. The van der Waals surface area contributed by atoms with Gasteiger partial charge < -0.3 is 14.2 Å². The van der Waals surface area contributed by atoms with Gasteiger partial charge in [-0.05, 0) is 85.6 Å². The number of rotatable bonds is 8. The van der Waals surface area contributed by atoms with Gasteiger partial charge in [0.2, 0.25) is 0 Å². The van der Waals surface area contributed by atoms with Gasteiger partial charge in [-0.3, -0.25) is 4.90 Å². The second-order valence-electron chi connectivity index (χ2n) is 8.23. The highest BCUT2D eigenvalue weighted by molar-refractivity contribution is 7.99. The molecule has 1 aliphatic heterocycles. The van der Waals surface area contributed by atoms with Crippen molar-refractivity contribution >= 4 is 22.9 Å². The van der Waals surface area contributed by atoms with Crippen LogP contribution in [0, 0.1) is 0 Å². The smallest absolute Gasteiger partial charge is 0.188 e. The minimum absolute atomic E-state index is 0.00978. The third-order valence-electron chi connectivity index (χ3n) is 5.79. The van der Waals surface area contributed by atoms with E-state index in [0.717, 1.165) is 23.7 Å². The Kier molecular flexibility index (Phi) is 7.76. The van der Waals surface area contributed by atoms with Gasteiger partial charge in [-0.1, -0.05) is 42.5 Å². The molecular formula is C28H31NO3S. The molecule has 0 spiro atoms. The number of fused-ring (bicyclic) bond motifs is 1. The van der Waals surface area contributed by atoms with Crippen LogP contribution in [0.1, 0.15) is 30.0 Å². The molecule has 3 aromatic rings. The summed E-state index contributed by atoms with van der Waals surface area (Å²) < 4.78 is 16.7. The number of allylic oxidation sites excluding steroid dienone is 1. The molecule has 0 saturated carbocycles. The van der Waals surface area contributed by atoms with Crippen molar-refractivity contribution in [1.82, 2.24) is 4.90 Å². The molecular weight excluding hydrogens is 430 g/mol. The van der Waals surface area contributed by atoms with Crippen molar-refractivity contribution in [2.45, 2.75) is 24.5 Å². The molecule has 3 aromatic carbocycles. The van der Waals surface area contributed by atoms with E-state index in [0.29, 0.717) is 0 Å². The van der Waals surface area contributed by atoms with Crippen LogP contribution in [-0.4, -0.2) is 44.9 Å². The van der Waals surface area contributed by atoms with Gasteiger partial charge in [0.25, 0.3) is 0 Å². The molecule has 33 heavy (non-hydrogen) atoms. The van der Waals surface area contributed by atoms with E-state index in [1.165, 1.54) is 32.7 Å². The van der Waals surface area contributed by atoms with Crippen molar-refractivity contribution in [1.29, 1.82) is 0 Å². The first-order valence-corrected chi connectivity index (χ1v) is 12.2. The number of hydrogen-bond donors (Lipinski definition) is 0. The van der Waals surface area contributed by atoms with Crippen molar-refractivity contribution in [3.63, 3.8) is 0 Å². The van der Waals surface area contributed by atoms with Crippen molar-refractivity contribution in [2.75, 3.05) is 33.8 Å². The molecule has 1 heterocycles. The van der Waals surface area contributed by atoms with Crippen LogP contribution in [0.25, 0.3) is 11.1 Å². The van der Waals surface area contributed by atoms with Gasteiger partial charge in [-0.2, -0.15) is 0 Å². The van der Waals surface area contributed by atoms with E-state index in [2.05, 4.69) is 60.7 Å². The fourth-order valence-electron chi connectivity index (χ4n) is 3.86. The Morgan fingerprint density at radius 2 is 1.55 bits per heavy atom. The summed E-state index contributed by atoms with van der Waals surface area (Å²) in [5.74, 6) is 2.74. The Bertz CT molecular complexity index is 1090. The molecule has 4 rings (SSSR count). The highest BCUT2D eigenvalue weighted by Gasteiger charge is 2.20. The van der Waals surface area contributed by atoms with E-state index in [1.807, 2.05) is 49.8 Å². The SMILES string of the molecule is COCOc1ccc(/C(=C2\CCSc3ccccc32)c2ccc(OC(C)N(C)C)cc2)cc1. The number of methoxy groups -OCH3 is 1. The van der Waals surface area contributed by atoms with Crippen LogP contribution in [-0.2, 0) is 4.74 Å². The molecule has 0 N–H and O–H groups in total. The average molecular weight is 462 g/mol. The maximum Gasteiger partial charge on any atom is 0.188 e. The van der Waals surface area contributed by atoms with E-state index < -0.39 is 0 Å². The number of benzene rings is 3. The first-order chi connectivity index (χ1) is 16.1. The number of nitrogens with zero attached hydrogens (tertiary/aromatic N) is 1. The maximum absolute atomic E-state index is 6.05. The molecule has 0 fully saturated rings. The Morgan fingerprint density at radius 3 is 2.18 bits per heavy atom. The summed E-state index contributed by atoms with van der Waals surface area (Å²) in [4.78, 5) is 3.39. The molecule has 0 radical (unpaired) electrons. The highest BCUT2D eigenvalue weighted by Crippen LogP contribution is 2.43. The Labute approximate surface area is 201 Å². The Morgan fingerprint density at radius 1 is 0.909 bits per heavy atom. The molecule has 1 aliphatic rings. The van der Waals surface area contributed by atoms with Crippen molar-refractivity contribution in [3.8, 4) is 11.5 Å². The standard InChI is InChI=1S/C28H31NO3S/c1-20(29(2)3)32-24-15-11-22(12-16-24)28(21-9-13-23(14-10-21)31-19-30-4)26-17-18-33-27-8-6-5-7-25(26)27/h5-16,20H,17-19H2,1-4H3/b28-26-. The fraction of sp³-hybridized carbons (Fsp3) is 0.286. The van der Waals surface area contributed by atoms with Crippen LogP contribution in [0.3, 0.4) is 0 Å². The third kappa shape index (κ3) is 5.61. The summed E-state index contributed by atoms with van der Waals surface area (Å²) in [5.41, 5.74) is 6.32. The molecule has 0 aromatic heterocycles. The van der Waals surface area contributed by atoms with Gasteiger partial charge in [0.15, 0.2) is 6.79 Å².